The smallest absolute Gasteiger partial charge is 0.333 e. The minimum Gasteiger partial charge on any atom is -0.364 e. The average molecular weight is 538 g/mol. The van der Waals surface area contributed by atoms with E-state index in [0.29, 0.717) is 64.1 Å². The van der Waals surface area contributed by atoms with Crippen LogP contribution in [-0.2, 0) is 5.54 Å². The number of H-pyrrole nitrogens is 1. The fourth-order valence-electron chi connectivity index (χ4n) is 4.96. The molecule has 6 rings (SSSR count). The van der Waals surface area contributed by atoms with Gasteiger partial charge in [0.05, 0.1) is 15.9 Å². The lowest BCUT2D eigenvalue weighted by Gasteiger charge is -2.39. The van der Waals surface area contributed by atoms with Crippen molar-refractivity contribution in [1.82, 2.24) is 29.9 Å². The highest BCUT2D eigenvalue weighted by atomic mass is 35.5. The molecule has 13 heteroatoms. The molecule has 0 radical (unpaired) electrons. The summed E-state index contributed by atoms with van der Waals surface area (Å²) in [5.74, 6) is -0.435. The zero-order chi connectivity index (χ0) is 26.6. The number of nitrogens with two attached hydrogens (primary N) is 2. The van der Waals surface area contributed by atoms with E-state index >= 15 is 0 Å². The summed E-state index contributed by atoms with van der Waals surface area (Å²) in [6.07, 6.45) is 2.49. The molecule has 1 amide bonds. The molecule has 0 bridgehead atoms. The van der Waals surface area contributed by atoms with Gasteiger partial charge in [-0.2, -0.15) is 24.0 Å². The number of benzene rings is 2. The number of hydrogen-bond donors (Lipinski definition) is 3. The van der Waals surface area contributed by atoms with Crippen LogP contribution >= 0.6 is 11.6 Å². The van der Waals surface area contributed by atoms with Gasteiger partial charge in [0.2, 0.25) is 5.95 Å². The number of hydrogen-bond acceptors (Lipinski definition) is 7. The molecule has 1 fully saturated rings. The summed E-state index contributed by atoms with van der Waals surface area (Å²) in [7, 11) is 0. The topological polar surface area (TPSA) is 145 Å². The second kappa shape index (κ2) is 8.99. The van der Waals surface area contributed by atoms with Crippen LogP contribution in [0.15, 0.2) is 48.7 Å². The Hall–Kier alpha value is -4.16. The quantitative estimate of drug-likeness (QED) is 0.307. The fourth-order valence-corrected chi connectivity index (χ4v) is 5.26. The highest BCUT2D eigenvalue weighted by Crippen LogP contribution is 2.38. The number of anilines is 1. The van der Waals surface area contributed by atoms with Crippen molar-refractivity contribution < 1.29 is 13.6 Å². The Bertz CT molecular complexity index is 1680. The van der Waals surface area contributed by atoms with Gasteiger partial charge in [0, 0.05) is 35.8 Å². The largest absolute Gasteiger partial charge is 0.364 e. The molecule has 0 aliphatic carbocycles. The predicted octanol–water partition coefficient (Wildman–Crippen LogP) is 3.97. The van der Waals surface area contributed by atoms with Crippen molar-refractivity contribution in [1.29, 1.82) is 0 Å². The van der Waals surface area contributed by atoms with Crippen molar-refractivity contribution in [2.24, 2.45) is 11.5 Å². The number of carbonyl (C=O) groups excluding carboxylic acids is 1. The average Bonchev–Trinajstić information content (AvgIpc) is 3.55. The van der Waals surface area contributed by atoms with Gasteiger partial charge in [0.25, 0.3) is 5.91 Å². The van der Waals surface area contributed by atoms with Crippen LogP contribution in [0.1, 0.15) is 35.4 Å². The lowest BCUT2D eigenvalue weighted by Crippen LogP contribution is -2.48. The molecule has 1 aliphatic heterocycles. The van der Waals surface area contributed by atoms with Gasteiger partial charge >= 0.3 is 6.55 Å². The third kappa shape index (κ3) is 3.92. The van der Waals surface area contributed by atoms with Crippen LogP contribution in [-0.4, -0.2) is 48.9 Å². The minimum atomic E-state index is -2.81. The number of amides is 1. The normalized spacial score (nSPS) is 15.6. The highest BCUT2D eigenvalue weighted by Gasteiger charge is 2.34. The molecule has 5 aromatic rings. The van der Waals surface area contributed by atoms with Gasteiger partial charge in [0.15, 0.2) is 5.65 Å². The van der Waals surface area contributed by atoms with E-state index in [1.807, 2.05) is 35.2 Å². The standard InChI is InChI=1S/C25H22ClF2N9O/c26-18-14(6-7-16-15(18)12-37(35-16)23(27)28)19-17-20(21(29)38)31-24(32-22(17)34-33-19)36-10-8-25(30,9-11-36)13-4-2-1-3-5-13/h1-7,12,23H,8-11,30H2,(H2,29,38)(H,31,32,33,34). The van der Waals surface area contributed by atoms with Crippen LogP contribution in [0.5, 0.6) is 0 Å². The van der Waals surface area contributed by atoms with E-state index in [2.05, 4.69) is 25.3 Å². The molecular formula is C25H22ClF2N9O. The van der Waals surface area contributed by atoms with Crippen molar-refractivity contribution in [3.63, 3.8) is 0 Å². The number of aromatic nitrogens is 6. The number of nitrogens with one attached hydrogen (secondary N) is 1. The number of fused-ring (bicyclic) bond motifs is 2. The zero-order valence-corrected chi connectivity index (χ0v) is 20.7. The van der Waals surface area contributed by atoms with E-state index in [0.717, 1.165) is 11.8 Å². The molecule has 0 unspecified atom stereocenters. The molecule has 0 spiro atoms. The fraction of sp³-hybridized carbons (Fsp3) is 0.240. The van der Waals surface area contributed by atoms with E-state index in [4.69, 9.17) is 23.1 Å². The summed E-state index contributed by atoms with van der Waals surface area (Å²) >= 11 is 6.58. The molecule has 3 aromatic heterocycles. The van der Waals surface area contributed by atoms with E-state index < -0.39 is 18.0 Å². The van der Waals surface area contributed by atoms with E-state index in [-0.39, 0.29) is 16.4 Å². The van der Waals surface area contributed by atoms with Crippen LogP contribution in [0, 0.1) is 0 Å². The first kappa shape index (κ1) is 24.2. The van der Waals surface area contributed by atoms with Crippen LogP contribution < -0.4 is 16.4 Å². The third-order valence-corrected chi connectivity index (χ3v) is 7.43. The third-order valence-electron chi connectivity index (χ3n) is 7.02. The number of aromatic amines is 1. The van der Waals surface area contributed by atoms with Gasteiger partial charge in [-0.05, 0) is 30.5 Å². The van der Waals surface area contributed by atoms with Gasteiger partial charge in [0.1, 0.15) is 11.4 Å². The van der Waals surface area contributed by atoms with Gasteiger partial charge in [-0.15, -0.1) is 0 Å². The summed E-state index contributed by atoms with van der Waals surface area (Å²) in [6.45, 7) is -1.66. The minimum absolute atomic E-state index is 0.0270. The van der Waals surface area contributed by atoms with Gasteiger partial charge in [-0.25, -0.2) is 9.67 Å². The summed E-state index contributed by atoms with van der Waals surface area (Å²) in [5, 5.41) is 11.8. The molecule has 1 aliphatic rings. The summed E-state index contributed by atoms with van der Waals surface area (Å²) < 4.78 is 26.8. The second-order valence-corrected chi connectivity index (χ2v) is 9.67. The Labute approximate surface area is 219 Å². The first-order valence-electron chi connectivity index (χ1n) is 11.9. The van der Waals surface area contributed by atoms with Crippen molar-refractivity contribution in [3.05, 3.63) is 64.9 Å². The molecule has 1 saturated heterocycles. The number of piperidine rings is 1. The van der Waals surface area contributed by atoms with Gasteiger partial charge in [-0.3, -0.25) is 9.89 Å². The Kier molecular flexibility index (Phi) is 5.73. The first-order chi connectivity index (χ1) is 18.2. The van der Waals surface area contributed by atoms with Crippen LogP contribution in [0.3, 0.4) is 0 Å². The Balaban J connectivity index is 1.38. The molecule has 38 heavy (non-hydrogen) atoms. The lowest BCUT2D eigenvalue weighted by atomic mass is 9.82. The van der Waals surface area contributed by atoms with Crippen LogP contribution in [0.25, 0.3) is 33.2 Å². The maximum atomic E-state index is 13.1. The molecule has 194 valence electrons. The summed E-state index contributed by atoms with van der Waals surface area (Å²) in [6, 6.07) is 13.1. The van der Waals surface area contributed by atoms with Crippen molar-refractivity contribution in [2.75, 3.05) is 18.0 Å². The molecule has 2 aromatic carbocycles. The Morgan fingerprint density at radius 3 is 2.53 bits per heavy atom. The predicted molar refractivity (Wildman–Crippen MR) is 139 cm³/mol. The van der Waals surface area contributed by atoms with Crippen molar-refractivity contribution >= 4 is 45.4 Å². The number of rotatable bonds is 5. The van der Waals surface area contributed by atoms with Crippen LogP contribution in [0.4, 0.5) is 14.7 Å². The molecule has 4 heterocycles. The number of alkyl halides is 2. The van der Waals surface area contributed by atoms with Crippen molar-refractivity contribution in [3.8, 4) is 11.3 Å². The van der Waals surface area contributed by atoms with E-state index in [1.165, 1.54) is 0 Å². The maximum Gasteiger partial charge on any atom is 0.333 e. The van der Waals surface area contributed by atoms with Crippen LogP contribution in [0.2, 0.25) is 5.02 Å². The Morgan fingerprint density at radius 2 is 1.84 bits per heavy atom. The molecule has 0 atom stereocenters. The SMILES string of the molecule is NC(=O)c1nc(N2CCC(N)(c3ccccc3)CC2)nc2[nH]nc(-c3ccc4nn(C(F)F)cc4c3Cl)c12. The lowest BCUT2D eigenvalue weighted by molar-refractivity contribution is 0.0573. The number of carbonyl (C=O) groups is 1. The molecular weight excluding hydrogens is 516 g/mol. The number of primary amides is 1. The zero-order valence-electron chi connectivity index (χ0n) is 19.9. The second-order valence-electron chi connectivity index (χ2n) is 9.29. The molecule has 5 N–H and O–H groups in total. The van der Waals surface area contributed by atoms with E-state index in [9.17, 15) is 13.6 Å². The van der Waals surface area contributed by atoms with E-state index in [1.54, 1.807) is 12.1 Å². The van der Waals surface area contributed by atoms with Gasteiger partial charge < -0.3 is 16.4 Å². The maximum absolute atomic E-state index is 13.1. The first-order valence-corrected chi connectivity index (χ1v) is 12.2. The molecule has 0 saturated carbocycles. The number of nitrogens with zero attached hydrogens (tertiary/aromatic N) is 6. The number of halogens is 3. The van der Waals surface area contributed by atoms with Gasteiger partial charge in [-0.1, -0.05) is 41.9 Å². The summed E-state index contributed by atoms with van der Waals surface area (Å²) in [4.78, 5) is 23.6. The highest BCUT2D eigenvalue weighted by molar-refractivity contribution is 6.38. The molecule has 10 nitrogen and oxygen atoms in total. The van der Waals surface area contributed by atoms with Crippen molar-refractivity contribution in [2.45, 2.75) is 24.9 Å². The monoisotopic (exact) mass is 537 g/mol. The summed E-state index contributed by atoms with van der Waals surface area (Å²) in [5.41, 5.74) is 14.3. The Morgan fingerprint density at radius 1 is 1.11 bits per heavy atom.